The normalized spacial score (nSPS) is 18.4. The zero-order valence-electron chi connectivity index (χ0n) is 13.7. The number of nitrogens with zero attached hydrogens (tertiary/aromatic N) is 5. The number of imidazole rings is 1. The second-order valence-corrected chi connectivity index (χ2v) is 6.81. The summed E-state index contributed by atoms with van der Waals surface area (Å²) < 4.78 is 2.14. The second kappa shape index (κ2) is 5.06. The van der Waals surface area contributed by atoms with Gasteiger partial charge in [-0.1, -0.05) is 0 Å². The maximum absolute atomic E-state index is 12.5. The number of pyridine rings is 1. The van der Waals surface area contributed by atoms with Crippen LogP contribution >= 0.6 is 0 Å². The average Bonchev–Trinajstić information content (AvgIpc) is 3.30. The third-order valence-electron chi connectivity index (χ3n) is 4.78. The minimum atomic E-state index is -0.982. The van der Waals surface area contributed by atoms with E-state index in [1.165, 1.54) is 0 Å². The van der Waals surface area contributed by atoms with Gasteiger partial charge < -0.3 is 14.5 Å². The highest BCUT2D eigenvalue weighted by Crippen LogP contribution is 2.31. The average molecular weight is 322 g/mol. The van der Waals surface area contributed by atoms with Crippen LogP contribution in [-0.2, 0) is 4.79 Å². The van der Waals surface area contributed by atoms with Crippen LogP contribution in [0.4, 0.5) is 0 Å². The number of nitriles is 1. The molecule has 1 amide bonds. The van der Waals surface area contributed by atoms with E-state index in [1.807, 2.05) is 18.6 Å². The van der Waals surface area contributed by atoms with E-state index in [0.29, 0.717) is 13.1 Å². The number of fused-ring (bicyclic) bond motifs is 3. The number of carbonyl (C=O) groups excluding carboxylic acids is 1. The first-order valence-electron chi connectivity index (χ1n) is 8.00. The fraction of sp³-hybridized carbons (Fsp3) is 0.412. The molecule has 24 heavy (non-hydrogen) atoms. The van der Waals surface area contributed by atoms with Crippen LogP contribution in [0.5, 0.6) is 0 Å². The van der Waals surface area contributed by atoms with Gasteiger partial charge in [-0.05, 0) is 26.3 Å². The van der Waals surface area contributed by atoms with E-state index in [-0.39, 0.29) is 11.9 Å². The molecule has 0 aromatic carbocycles. The second-order valence-electron chi connectivity index (χ2n) is 6.81. The zero-order chi connectivity index (χ0) is 16.9. The third-order valence-corrected chi connectivity index (χ3v) is 4.78. The molecule has 7 nitrogen and oxygen atoms in total. The smallest absolute Gasteiger partial charge is 0.242 e. The molecule has 7 heteroatoms. The lowest BCUT2D eigenvalue weighted by atomic mass is 9.94. The minimum absolute atomic E-state index is 0.106. The Bertz CT molecular complexity index is 976. The maximum atomic E-state index is 12.5. The van der Waals surface area contributed by atoms with Crippen LogP contribution in [-0.4, -0.2) is 43.4 Å². The maximum Gasteiger partial charge on any atom is 0.242 e. The summed E-state index contributed by atoms with van der Waals surface area (Å²) in [5, 5.41) is 10.2. The molecule has 4 rings (SSSR count). The third kappa shape index (κ3) is 2.07. The van der Waals surface area contributed by atoms with Gasteiger partial charge in [-0.15, -0.1) is 0 Å². The van der Waals surface area contributed by atoms with E-state index < -0.39 is 5.41 Å². The highest BCUT2D eigenvalue weighted by Gasteiger charge is 2.36. The largest absolute Gasteiger partial charge is 0.346 e. The fourth-order valence-electron chi connectivity index (χ4n) is 3.40. The molecule has 1 N–H and O–H groups in total. The van der Waals surface area contributed by atoms with Crippen LogP contribution in [0.25, 0.3) is 22.1 Å². The number of aromatic nitrogens is 4. The van der Waals surface area contributed by atoms with Gasteiger partial charge in [0.25, 0.3) is 0 Å². The number of rotatable bonds is 2. The van der Waals surface area contributed by atoms with Crippen LogP contribution in [0.2, 0.25) is 0 Å². The molecular weight excluding hydrogens is 304 g/mol. The fourth-order valence-corrected chi connectivity index (χ4v) is 3.40. The number of likely N-dealkylation sites (tertiary alicyclic amines) is 1. The summed E-state index contributed by atoms with van der Waals surface area (Å²) >= 11 is 0. The van der Waals surface area contributed by atoms with Crippen molar-refractivity contribution >= 4 is 28.0 Å². The molecule has 0 unspecified atom stereocenters. The Kier molecular flexibility index (Phi) is 3.10. The van der Waals surface area contributed by atoms with Crippen molar-refractivity contribution < 1.29 is 4.79 Å². The van der Waals surface area contributed by atoms with E-state index in [1.54, 1.807) is 24.9 Å². The number of amides is 1. The van der Waals surface area contributed by atoms with Gasteiger partial charge in [0.15, 0.2) is 0 Å². The van der Waals surface area contributed by atoms with Gasteiger partial charge in [0.05, 0.1) is 30.2 Å². The van der Waals surface area contributed by atoms with Gasteiger partial charge >= 0.3 is 0 Å². The van der Waals surface area contributed by atoms with Crippen molar-refractivity contribution in [3.05, 3.63) is 24.8 Å². The summed E-state index contributed by atoms with van der Waals surface area (Å²) in [6, 6.07) is 4.26. The standard InChI is InChI=1S/C17H18N6O/c1-17(2,9-18)16(24)22-6-4-11(8-22)23-10-21-13-7-20-15-12(14(13)23)3-5-19-15/h3,5,7,10-11H,4,6,8H2,1-2H3,(H,19,20)/t11-/m1/s1. The lowest BCUT2D eigenvalue weighted by Gasteiger charge is -2.23. The van der Waals surface area contributed by atoms with Gasteiger partial charge in [-0.25, -0.2) is 9.97 Å². The first-order valence-corrected chi connectivity index (χ1v) is 8.00. The molecule has 1 atom stereocenters. The molecule has 4 heterocycles. The molecule has 1 saturated heterocycles. The van der Waals surface area contributed by atoms with Gasteiger partial charge in [0.2, 0.25) is 5.91 Å². The summed E-state index contributed by atoms with van der Waals surface area (Å²) in [6.45, 7) is 4.61. The van der Waals surface area contributed by atoms with Crippen LogP contribution in [0.15, 0.2) is 24.8 Å². The summed E-state index contributed by atoms with van der Waals surface area (Å²) in [5.74, 6) is -0.106. The van der Waals surface area contributed by atoms with Gasteiger partial charge in [-0.3, -0.25) is 4.79 Å². The Morgan fingerprint density at radius 2 is 2.29 bits per heavy atom. The number of aromatic amines is 1. The molecule has 0 bridgehead atoms. The molecule has 1 aliphatic heterocycles. The Morgan fingerprint density at radius 3 is 3.08 bits per heavy atom. The van der Waals surface area contributed by atoms with Crippen LogP contribution in [0.1, 0.15) is 26.3 Å². The Labute approximate surface area is 138 Å². The SMILES string of the molecule is CC(C)(C#N)C(=O)N1CC[C@@H](n2cnc3cnc4[nH]ccc4c32)C1. The molecule has 0 saturated carbocycles. The summed E-state index contributed by atoms with van der Waals surface area (Å²) in [5.41, 5.74) is 1.74. The summed E-state index contributed by atoms with van der Waals surface area (Å²) in [7, 11) is 0. The van der Waals surface area contributed by atoms with E-state index >= 15 is 0 Å². The Morgan fingerprint density at radius 1 is 1.46 bits per heavy atom. The molecule has 122 valence electrons. The Hall–Kier alpha value is -2.88. The van der Waals surface area contributed by atoms with Crippen molar-refractivity contribution in [2.75, 3.05) is 13.1 Å². The number of hydrogen-bond acceptors (Lipinski definition) is 4. The van der Waals surface area contributed by atoms with E-state index in [4.69, 9.17) is 0 Å². The predicted molar refractivity (Wildman–Crippen MR) is 89.0 cm³/mol. The Balaban J connectivity index is 1.69. The van der Waals surface area contributed by atoms with Crippen molar-refractivity contribution in [3.63, 3.8) is 0 Å². The molecule has 3 aromatic heterocycles. The first-order chi connectivity index (χ1) is 11.5. The molecule has 0 radical (unpaired) electrons. The first kappa shape index (κ1) is 14.7. The molecule has 1 fully saturated rings. The summed E-state index contributed by atoms with van der Waals surface area (Å²) in [4.78, 5) is 26.2. The van der Waals surface area contributed by atoms with Gasteiger partial charge in [-0.2, -0.15) is 5.26 Å². The van der Waals surface area contributed by atoms with Crippen molar-refractivity contribution in [2.24, 2.45) is 5.41 Å². The van der Waals surface area contributed by atoms with Crippen molar-refractivity contribution in [3.8, 4) is 6.07 Å². The minimum Gasteiger partial charge on any atom is -0.346 e. The van der Waals surface area contributed by atoms with Crippen molar-refractivity contribution in [1.82, 2.24) is 24.4 Å². The van der Waals surface area contributed by atoms with Gasteiger partial charge in [0.1, 0.15) is 16.6 Å². The molecular formula is C17H18N6O. The quantitative estimate of drug-likeness (QED) is 0.783. The zero-order valence-corrected chi connectivity index (χ0v) is 13.7. The van der Waals surface area contributed by atoms with E-state index in [9.17, 15) is 10.1 Å². The molecule has 0 aliphatic carbocycles. The van der Waals surface area contributed by atoms with E-state index in [2.05, 4.69) is 25.6 Å². The molecule has 1 aliphatic rings. The lowest BCUT2D eigenvalue weighted by molar-refractivity contribution is -0.136. The highest BCUT2D eigenvalue weighted by atomic mass is 16.2. The highest BCUT2D eigenvalue weighted by molar-refractivity contribution is 6.01. The van der Waals surface area contributed by atoms with Crippen molar-refractivity contribution in [1.29, 1.82) is 5.26 Å². The number of nitrogens with one attached hydrogen (secondary N) is 1. The number of hydrogen-bond donors (Lipinski definition) is 1. The van der Waals surface area contributed by atoms with Gasteiger partial charge in [0, 0.05) is 24.7 Å². The van der Waals surface area contributed by atoms with E-state index in [0.717, 1.165) is 28.5 Å². The predicted octanol–water partition coefficient (Wildman–Crippen LogP) is 2.24. The molecule has 3 aromatic rings. The number of carbonyl (C=O) groups is 1. The molecule has 0 spiro atoms. The lowest BCUT2D eigenvalue weighted by Crippen LogP contribution is -2.38. The topological polar surface area (TPSA) is 90.6 Å². The van der Waals surface area contributed by atoms with Crippen LogP contribution in [0, 0.1) is 16.7 Å². The van der Waals surface area contributed by atoms with Crippen LogP contribution in [0.3, 0.4) is 0 Å². The summed E-state index contributed by atoms with van der Waals surface area (Å²) in [6.07, 6.45) is 6.31. The number of H-pyrrole nitrogens is 1. The van der Waals surface area contributed by atoms with Crippen LogP contribution < -0.4 is 0 Å². The monoisotopic (exact) mass is 322 g/mol. The van der Waals surface area contributed by atoms with Crippen molar-refractivity contribution in [2.45, 2.75) is 26.3 Å².